The summed E-state index contributed by atoms with van der Waals surface area (Å²) in [5, 5.41) is 13.1. The Morgan fingerprint density at radius 2 is 1.96 bits per heavy atom. The zero-order valence-corrected chi connectivity index (χ0v) is 14.6. The van der Waals surface area contributed by atoms with Crippen molar-refractivity contribution in [1.82, 2.24) is 4.57 Å². The molecule has 6 heteroatoms. The van der Waals surface area contributed by atoms with Crippen LogP contribution in [-0.2, 0) is 6.54 Å². The van der Waals surface area contributed by atoms with E-state index in [1.54, 1.807) is 23.7 Å². The van der Waals surface area contributed by atoms with Crippen molar-refractivity contribution < 1.29 is 9.90 Å². The molecule has 0 radical (unpaired) electrons. The molecule has 24 heavy (non-hydrogen) atoms. The standard InChI is InChI=1S/C18H18N2O3S/c1-4-20-17(23)14(15(21)13-11(2)10-24-18(13)20)16(22)19(3)12-8-6-5-7-9-12/h5-10,21H,4H2,1-3H3. The minimum atomic E-state index is -0.515. The average molecular weight is 342 g/mol. The van der Waals surface area contributed by atoms with Crippen molar-refractivity contribution in [1.29, 1.82) is 0 Å². The van der Waals surface area contributed by atoms with Crippen LogP contribution in [0.4, 0.5) is 5.69 Å². The lowest BCUT2D eigenvalue weighted by molar-refractivity contribution is 0.0988. The van der Waals surface area contributed by atoms with Crippen LogP contribution in [0.15, 0.2) is 40.5 Å². The number of fused-ring (bicyclic) bond motifs is 1. The number of anilines is 1. The van der Waals surface area contributed by atoms with Crippen molar-refractivity contribution in [2.45, 2.75) is 20.4 Å². The Bertz CT molecular complexity index is 973. The Hall–Kier alpha value is -2.60. The van der Waals surface area contributed by atoms with E-state index in [-0.39, 0.29) is 11.3 Å². The molecule has 0 saturated heterocycles. The van der Waals surface area contributed by atoms with Gasteiger partial charge < -0.3 is 10.0 Å². The van der Waals surface area contributed by atoms with Gasteiger partial charge in [-0.3, -0.25) is 14.2 Å². The lowest BCUT2D eigenvalue weighted by Crippen LogP contribution is -2.34. The first-order valence-electron chi connectivity index (χ1n) is 7.64. The SMILES string of the molecule is CCn1c(=O)c(C(=O)N(C)c2ccccc2)c(O)c2c(C)csc21. The number of carbonyl (C=O) groups is 1. The highest BCUT2D eigenvalue weighted by atomic mass is 32.1. The van der Waals surface area contributed by atoms with E-state index in [2.05, 4.69) is 0 Å². The summed E-state index contributed by atoms with van der Waals surface area (Å²) in [4.78, 5) is 27.7. The van der Waals surface area contributed by atoms with Crippen molar-refractivity contribution in [2.24, 2.45) is 0 Å². The van der Waals surface area contributed by atoms with E-state index >= 15 is 0 Å². The van der Waals surface area contributed by atoms with Crippen LogP contribution >= 0.6 is 11.3 Å². The van der Waals surface area contributed by atoms with Gasteiger partial charge in [0, 0.05) is 19.3 Å². The molecule has 3 aromatic rings. The van der Waals surface area contributed by atoms with Gasteiger partial charge in [-0.15, -0.1) is 11.3 Å². The smallest absolute Gasteiger partial charge is 0.268 e. The summed E-state index contributed by atoms with van der Waals surface area (Å²) < 4.78 is 1.54. The Labute approximate surface area is 143 Å². The maximum atomic E-state index is 12.9. The molecule has 0 aliphatic carbocycles. The van der Waals surface area contributed by atoms with Crippen LogP contribution in [0.25, 0.3) is 10.2 Å². The summed E-state index contributed by atoms with van der Waals surface area (Å²) in [6.45, 7) is 4.14. The fraction of sp³-hybridized carbons (Fsp3) is 0.222. The normalized spacial score (nSPS) is 11.0. The quantitative estimate of drug-likeness (QED) is 0.794. The van der Waals surface area contributed by atoms with E-state index in [1.165, 1.54) is 16.2 Å². The van der Waals surface area contributed by atoms with E-state index in [1.807, 2.05) is 37.4 Å². The van der Waals surface area contributed by atoms with E-state index in [9.17, 15) is 14.7 Å². The Balaban J connectivity index is 2.24. The van der Waals surface area contributed by atoms with Crippen LogP contribution in [0, 0.1) is 6.92 Å². The summed E-state index contributed by atoms with van der Waals surface area (Å²) in [6.07, 6.45) is 0. The van der Waals surface area contributed by atoms with Gasteiger partial charge in [-0.25, -0.2) is 0 Å². The highest BCUT2D eigenvalue weighted by molar-refractivity contribution is 7.17. The van der Waals surface area contributed by atoms with Crippen LogP contribution < -0.4 is 10.5 Å². The third-order valence-electron chi connectivity index (χ3n) is 4.11. The van der Waals surface area contributed by atoms with Gasteiger partial charge >= 0.3 is 0 Å². The highest BCUT2D eigenvalue weighted by Crippen LogP contribution is 2.34. The molecule has 0 aliphatic rings. The molecule has 0 aliphatic heterocycles. The number of aryl methyl sites for hydroxylation is 2. The van der Waals surface area contributed by atoms with Gasteiger partial charge in [-0.1, -0.05) is 18.2 Å². The van der Waals surface area contributed by atoms with Gasteiger partial charge in [-0.2, -0.15) is 0 Å². The molecule has 3 rings (SSSR count). The third-order valence-corrected chi connectivity index (χ3v) is 5.23. The van der Waals surface area contributed by atoms with Crippen LogP contribution in [0.2, 0.25) is 0 Å². The van der Waals surface area contributed by atoms with Crippen LogP contribution in [0.1, 0.15) is 22.8 Å². The molecule has 1 amide bonds. The number of aromatic hydroxyl groups is 1. The monoisotopic (exact) mass is 342 g/mol. The number of thiophene rings is 1. The molecule has 0 bridgehead atoms. The number of rotatable bonds is 3. The molecule has 5 nitrogen and oxygen atoms in total. The lowest BCUT2D eigenvalue weighted by Gasteiger charge is -2.19. The molecule has 0 atom stereocenters. The molecule has 2 heterocycles. The van der Waals surface area contributed by atoms with Crippen molar-refractivity contribution >= 4 is 33.1 Å². The highest BCUT2D eigenvalue weighted by Gasteiger charge is 2.26. The Kier molecular flexibility index (Phi) is 4.15. The average Bonchev–Trinajstić information content (AvgIpc) is 2.97. The summed E-state index contributed by atoms with van der Waals surface area (Å²) in [6, 6.07) is 9.04. The maximum Gasteiger partial charge on any atom is 0.268 e. The van der Waals surface area contributed by atoms with E-state index in [0.29, 0.717) is 22.4 Å². The van der Waals surface area contributed by atoms with E-state index in [4.69, 9.17) is 0 Å². The van der Waals surface area contributed by atoms with E-state index in [0.717, 1.165) is 5.56 Å². The number of amides is 1. The van der Waals surface area contributed by atoms with Crippen LogP contribution in [0.3, 0.4) is 0 Å². The van der Waals surface area contributed by atoms with Gasteiger partial charge in [0.25, 0.3) is 11.5 Å². The molecule has 1 aromatic carbocycles. The lowest BCUT2D eigenvalue weighted by atomic mass is 10.1. The predicted molar refractivity (Wildman–Crippen MR) is 97.3 cm³/mol. The minimum Gasteiger partial charge on any atom is -0.506 e. The Morgan fingerprint density at radius 1 is 1.29 bits per heavy atom. The largest absolute Gasteiger partial charge is 0.506 e. The van der Waals surface area contributed by atoms with Crippen molar-refractivity contribution in [3.63, 3.8) is 0 Å². The van der Waals surface area contributed by atoms with Crippen LogP contribution in [0.5, 0.6) is 5.75 Å². The number of carbonyl (C=O) groups excluding carboxylic acids is 1. The topological polar surface area (TPSA) is 62.5 Å². The van der Waals surface area contributed by atoms with Gasteiger partial charge in [-0.05, 0) is 36.9 Å². The molecule has 0 saturated carbocycles. The fourth-order valence-corrected chi connectivity index (χ4v) is 3.91. The summed E-state index contributed by atoms with van der Waals surface area (Å²) in [5.74, 6) is -0.746. The molecule has 0 spiro atoms. The van der Waals surface area contributed by atoms with Crippen molar-refractivity contribution in [3.8, 4) is 5.75 Å². The first-order chi connectivity index (χ1) is 11.5. The zero-order chi connectivity index (χ0) is 17.4. The Morgan fingerprint density at radius 3 is 2.58 bits per heavy atom. The van der Waals surface area contributed by atoms with Crippen molar-refractivity contribution in [3.05, 3.63) is 57.2 Å². The van der Waals surface area contributed by atoms with Crippen LogP contribution in [-0.4, -0.2) is 22.6 Å². The second-order valence-corrected chi connectivity index (χ2v) is 6.43. The molecule has 124 valence electrons. The first kappa shape index (κ1) is 16.3. The number of pyridine rings is 1. The molecule has 0 fully saturated rings. The van der Waals surface area contributed by atoms with E-state index < -0.39 is 11.5 Å². The van der Waals surface area contributed by atoms with Crippen molar-refractivity contribution in [2.75, 3.05) is 11.9 Å². The number of nitrogens with zero attached hydrogens (tertiary/aromatic N) is 2. The van der Waals surface area contributed by atoms with Gasteiger partial charge in [0.15, 0.2) is 0 Å². The molecule has 0 unspecified atom stereocenters. The summed E-state index contributed by atoms with van der Waals surface area (Å²) >= 11 is 1.40. The van der Waals surface area contributed by atoms with Gasteiger partial charge in [0.05, 0.1) is 5.39 Å². The van der Waals surface area contributed by atoms with Gasteiger partial charge in [0.2, 0.25) is 0 Å². The second-order valence-electron chi connectivity index (χ2n) is 5.57. The third kappa shape index (κ3) is 2.39. The number of hydrogen-bond donors (Lipinski definition) is 1. The molecular formula is C18H18N2O3S. The number of benzene rings is 1. The number of para-hydroxylation sites is 1. The summed E-state index contributed by atoms with van der Waals surface area (Å²) in [7, 11) is 1.59. The second kappa shape index (κ2) is 6.13. The van der Waals surface area contributed by atoms with Gasteiger partial charge in [0.1, 0.15) is 16.1 Å². The molecule has 1 N–H and O–H groups in total. The first-order valence-corrected chi connectivity index (χ1v) is 8.52. The number of aromatic nitrogens is 1. The summed E-state index contributed by atoms with van der Waals surface area (Å²) in [5.41, 5.74) is 0.868. The predicted octanol–water partition coefficient (Wildman–Crippen LogP) is 3.37. The fourth-order valence-electron chi connectivity index (χ4n) is 2.79. The molecule has 2 aromatic heterocycles. The maximum absolute atomic E-state index is 12.9. The minimum absolute atomic E-state index is 0.183. The number of hydrogen-bond acceptors (Lipinski definition) is 4. The molecular weight excluding hydrogens is 324 g/mol. The zero-order valence-electron chi connectivity index (χ0n) is 13.7.